The number of nitrogens with two attached hydrogens (primary N) is 1. The molecule has 2 rings (SSSR count). The molecule has 2 aromatic carbocycles. The number of hydrogen-bond donors (Lipinski definition) is 2. The van der Waals surface area contributed by atoms with E-state index in [0.29, 0.717) is 11.1 Å². The molecule has 2 amide bonds. The molecule has 0 unspecified atom stereocenters. The minimum Gasteiger partial charge on any atom is -0.368 e. The molecule has 0 saturated heterocycles. The Bertz CT molecular complexity index is 838. The van der Waals surface area contributed by atoms with Crippen molar-refractivity contribution in [3.05, 3.63) is 75.3 Å². The van der Waals surface area contributed by atoms with Gasteiger partial charge in [-0.05, 0) is 29.8 Å². The van der Waals surface area contributed by atoms with Crippen molar-refractivity contribution in [2.75, 3.05) is 0 Å². The minimum atomic E-state index is -0.968. The molecule has 0 saturated carbocycles. The van der Waals surface area contributed by atoms with Crippen molar-refractivity contribution in [2.45, 2.75) is 12.5 Å². The van der Waals surface area contributed by atoms with E-state index >= 15 is 0 Å². The SMILES string of the molecule is N#Cc1ccc(C(=O)N[C@H](Cc2ccc([N+](=O)[O-])cc2)C(N)=O)cc1. The number of nitro benzene ring substituents is 1. The first-order chi connectivity index (χ1) is 11.9. The van der Waals surface area contributed by atoms with Crippen LogP contribution in [0.3, 0.4) is 0 Å². The number of nitrogens with zero attached hydrogens (tertiary/aromatic N) is 2. The van der Waals surface area contributed by atoms with E-state index in [4.69, 9.17) is 11.0 Å². The molecule has 2 aromatic rings. The molecule has 0 radical (unpaired) electrons. The van der Waals surface area contributed by atoms with E-state index in [1.54, 1.807) is 0 Å². The molecule has 0 bridgehead atoms. The Labute approximate surface area is 143 Å². The van der Waals surface area contributed by atoms with Gasteiger partial charge in [0.25, 0.3) is 11.6 Å². The lowest BCUT2D eigenvalue weighted by molar-refractivity contribution is -0.384. The van der Waals surface area contributed by atoms with Crippen LogP contribution in [-0.4, -0.2) is 22.8 Å². The summed E-state index contributed by atoms with van der Waals surface area (Å²) in [6.45, 7) is 0. The predicted octanol–water partition coefficient (Wildman–Crippen LogP) is 1.29. The van der Waals surface area contributed by atoms with Gasteiger partial charge in [-0.1, -0.05) is 12.1 Å². The van der Waals surface area contributed by atoms with Gasteiger partial charge < -0.3 is 11.1 Å². The highest BCUT2D eigenvalue weighted by Gasteiger charge is 2.20. The monoisotopic (exact) mass is 338 g/mol. The highest BCUT2D eigenvalue weighted by atomic mass is 16.6. The standard InChI is InChI=1S/C17H14N4O4/c18-10-12-1-5-13(6-2-12)17(23)20-15(16(19)22)9-11-3-7-14(8-4-11)21(24)25/h1-8,15H,9H2,(H2,19,22)(H,20,23)/t15-/m1/s1. The summed E-state index contributed by atoms with van der Waals surface area (Å²) >= 11 is 0. The van der Waals surface area contributed by atoms with E-state index in [1.807, 2.05) is 6.07 Å². The van der Waals surface area contributed by atoms with Crippen LogP contribution < -0.4 is 11.1 Å². The van der Waals surface area contributed by atoms with Gasteiger partial charge in [-0.25, -0.2) is 0 Å². The van der Waals surface area contributed by atoms with Crippen LogP contribution in [0.25, 0.3) is 0 Å². The van der Waals surface area contributed by atoms with Crippen LogP contribution in [0.4, 0.5) is 5.69 Å². The van der Waals surface area contributed by atoms with Gasteiger partial charge in [0.05, 0.1) is 16.6 Å². The second-order valence-corrected chi connectivity index (χ2v) is 5.25. The number of nitrogens with one attached hydrogen (secondary N) is 1. The van der Waals surface area contributed by atoms with E-state index in [9.17, 15) is 19.7 Å². The van der Waals surface area contributed by atoms with Crippen molar-refractivity contribution in [1.29, 1.82) is 5.26 Å². The van der Waals surface area contributed by atoms with Crippen LogP contribution in [0, 0.1) is 21.4 Å². The number of nitro groups is 1. The summed E-state index contributed by atoms with van der Waals surface area (Å²) in [6, 6.07) is 12.5. The number of carbonyl (C=O) groups is 2. The highest BCUT2D eigenvalue weighted by Crippen LogP contribution is 2.13. The van der Waals surface area contributed by atoms with Crippen LogP contribution in [0.15, 0.2) is 48.5 Å². The van der Waals surface area contributed by atoms with E-state index in [1.165, 1.54) is 48.5 Å². The maximum atomic E-state index is 12.2. The molecule has 0 aliphatic heterocycles. The molecule has 0 heterocycles. The summed E-state index contributed by atoms with van der Waals surface area (Å²) in [5, 5.41) is 21.9. The van der Waals surface area contributed by atoms with Crippen molar-refractivity contribution >= 4 is 17.5 Å². The zero-order chi connectivity index (χ0) is 18.4. The number of benzene rings is 2. The molecule has 0 aliphatic rings. The zero-order valence-electron chi connectivity index (χ0n) is 13.0. The van der Waals surface area contributed by atoms with Gasteiger partial charge in [-0.15, -0.1) is 0 Å². The smallest absolute Gasteiger partial charge is 0.269 e. The summed E-state index contributed by atoms with van der Waals surface area (Å²) in [5.41, 5.74) is 6.58. The molecule has 1 atom stereocenters. The summed E-state index contributed by atoms with van der Waals surface area (Å²) in [7, 11) is 0. The molecule has 0 aromatic heterocycles. The third kappa shape index (κ3) is 4.62. The first kappa shape index (κ1) is 17.6. The van der Waals surface area contributed by atoms with Crippen molar-refractivity contribution in [2.24, 2.45) is 5.73 Å². The Morgan fingerprint density at radius 3 is 2.24 bits per heavy atom. The number of non-ortho nitro benzene ring substituents is 1. The fourth-order valence-electron chi connectivity index (χ4n) is 2.15. The van der Waals surface area contributed by atoms with Gasteiger partial charge in [-0.3, -0.25) is 19.7 Å². The van der Waals surface area contributed by atoms with Gasteiger partial charge in [0.2, 0.25) is 5.91 Å². The molecule has 126 valence electrons. The van der Waals surface area contributed by atoms with Crippen LogP contribution in [-0.2, 0) is 11.2 Å². The minimum absolute atomic E-state index is 0.0685. The zero-order valence-corrected chi connectivity index (χ0v) is 13.0. The number of carbonyl (C=O) groups excluding carboxylic acids is 2. The Hall–Kier alpha value is -3.73. The highest BCUT2D eigenvalue weighted by molar-refractivity contribution is 5.97. The molecular weight excluding hydrogens is 324 g/mol. The number of rotatable bonds is 6. The predicted molar refractivity (Wildman–Crippen MR) is 88.4 cm³/mol. The number of primary amides is 1. The van der Waals surface area contributed by atoms with E-state index in [2.05, 4.69) is 5.32 Å². The van der Waals surface area contributed by atoms with Crippen molar-refractivity contribution in [3.8, 4) is 6.07 Å². The van der Waals surface area contributed by atoms with Gasteiger partial charge in [0.15, 0.2) is 0 Å². The van der Waals surface area contributed by atoms with Gasteiger partial charge in [0.1, 0.15) is 6.04 Å². The topological polar surface area (TPSA) is 139 Å². The lowest BCUT2D eigenvalue weighted by Gasteiger charge is -2.15. The van der Waals surface area contributed by atoms with Crippen LogP contribution >= 0.6 is 0 Å². The summed E-state index contributed by atoms with van der Waals surface area (Å²) in [4.78, 5) is 33.9. The second-order valence-electron chi connectivity index (χ2n) is 5.25. The third-order valence-corrected chi connectivity index (χ3v) is 3.51. The summed E-state index contributed by atoms with van der Waals surface area (Å²) in [6.07, 6.45) is 0.106. The van der Waals surface area contributed by atoms with Crippen molar-refractivity contribution in [3.63, 3.8) is 0 Å². The van der Waals surface area contributed by atoms with Gasteiger partial charge in [-0.2, -0.15) is 5.26 Å². The van der Waals surface area contributed by atoms with Gasteiger partial charge in [0, 0.05) is 24.1 Å². The Balaban J connectivity index is 2.09. The normalized spacial score (nSPS) is 11.2. The van der Waals surface area contributed by atoms with E-state index in [-0.39, 0.29) is 17.7 Å². The lowest BCUT2D eigenvalue weighted by atomic mass is 10.0. The maximum Gasteiger partial charge on any atom is 0.269 e. The quantitative estimate of drug-likeness (QED) is 0.603. The fraction of sp³-hybridized carbons (Fsp3) is 0.118. The summed E-state index contributed by atoms with van der Waals surface area (Å²) < 4.78 is 0. The number of hydrogen-bond acceptors (Lipinski definition) is 5. The van der Waals surface area contributed by atoms with Crippen LogP contribution in [0.5, 0.6) is 0 Å². The molecular formula is C17H14N4O4. The number of nitriles is 1. The van der Waals surface area contributed by atoms with E-state index in [0.717, 1.165) is 0 Å². The Kier molecular flexibility index (Phi) is 5.43. The molecule has 0 aliphatic carbocycles. The molecule has 8 nitrogen and oxygen atoms in total. The van der Waals surface area contributed by atoms with Crippen molar-refractivity contribution < 1.29 is 14.5 Å². The average molecular weight is 338 g/mol. The largest absolute Gasteiger partial charge is 0.368 e. The van der Waals surface area contributed by atoms with Crippen LogP contribution in [0.1, 0.15) is 21.5 Å². The fourth-order valence-corrected chi connectivity index (χ4v) is 2.15. The maximum absolute atomic E-state index is 12.2. The molecule has 0 fully saturated rings. The second kappa shape index (κ2) is 7.70. The number of amides is 2. The molecule has 8 heteroatoms. The van der Waals surface area contributed by atoms with Gasteiger partial charge >= 0.3 is 0 Å². The Morgan fingerprint density at radius 1 is 1.16 bits per heavy atom. The van der Waals surface area contributed by atoms with E-state index < -0.39 is 22.8 Å². The molecule has 25 heavy (non-hydrogen) atoms. The van der Waals surface area contributed by atoms with Crippen molar-refractivity contribution in [1.82, 2.24) is 5.32 Å². The lowest BCUT2D eigenvalue weighted by Crippen LogP contribution is -2.45. The third-order valence-electron chi connectivity index (χ3n) is 3.51. The van der Waals surface area contributed by atoms with Crippen LogP contribution in [0.2, 0.25) is 0 Å². The first-order valence-corrected chi connectivity index (χ1v) is 7.24. The molecule has 0 spiro atoms. The first-order valence-electron chi connectivity index (χ1n) is 7.24. The summed E-state index contributed by atoms with van der Waals surface area (Å²) in [5.74, 6) is -1.23. The molecule has 3 N–H and O–H groups in total. The Morgan fingerprint density at radius 2 is 1.76 bits per heavy atom. The average Bonchev–Trinajstić information content (AvgIpc) is 2.61.